The van der Waals surface area contributed by atoms with Crippen molar-refractivity contribution in [3.8, 4) is 0 Å². The first-order chi connectivity index (χ1) is 5.56. The van der Waals surface area contributed by atoms with Crippen molar-refractivity contribution < 1.29 is 8.78 Å². The van der Waals surface area contributed by atoms with Crippen molar-refractivity contribution >= 4 is 27.3 Å². The Hall–Kier alpha value is -0.0000000000000000833. The molecule has 12 heavy (non-hydrogen) atoms. The molecule has 0 aliphatic heterocycles. The van der Waals surface area contributed by atoms with E-state index in [-0.39, 0.29) is 17.8 Å². The summed E-state index contributed by atoms with van der Waals surface area (Å²) < 4.78 is 26.9. The fraction of sp³-hybridized carbons (Fsp3) is 0.429. The maximum absolute atomic E-state index is 13.1. The fourth-order valence-electron chi connectivity index (χ4n) is 0.815. The van der Waals surface area contributed by atoms with Gasteiger partial charge in [0.05, 0.1) is 8.66 Å². The van der Waals surface area contributed by atoms with E-state index < -0.39 is 5.92 Å². The maximum atomic E-state index is 13.1. The van der Waals surface area contributed by atoms with Gasteiger partial charge in [-0.25, -0.2) is 8.78 Å². The first-order valence-corrected chi connectivity index (χ1v) is 5.01. The van der Waals surface area contributed by atoms with Crippen LogP contribution < -0.4 is 5.73 Å². The van der Waals surface area contributed by atoms with Crippen LogP contribution in [0.3, 0.4) is 0 Å². The summed E-state index contributed by atoms with van der Waals surface area (Å²) in [5.74, 6) is -2.77. The van der Waals surface area contributed by atoms with Crippen LogP contribution in [0.2, 0.25) is 0 Å². The second kappa shape index (κ2) is 3.81. The first kappa shape index (κ1) is 10.1. The second-order valence-electron chi connectivity index (χ2n) is 2.35. The lowest BCUT2D eigenvalue weighted by Crippen LogP contribution is -2.17. The molecule has 1 nitrogen and oxygen atoms in total. The Morgan fingerprint density at radius 3 is 2.58 bits per heavy atom. The minimum absolute atomic E-state index is 0.00250. The van der Waals surface area contributed by atoms with Gasteiger partial charge in [0.1, 0.15) is 0 Å². The van der Waals surface area contributed by atoms with Crippen LogP contribution in [0.15, 0.2) is 15.9 Å². The van der Waals surface area contributed by atoms with E-state index in [2.05, 4.69) is 15.9 Å². The molecule has 0 atom stereocenters. The minimum atomic E-state index is -2.77. The average Bonchev–Trinajstić information content (AvgIpc) is 2.36. The zero-order chi connectivity index (χ0) is 9.19. The largest absolute Gasteiger partial charge is 0.330 e. The molecule has 0 amide bonds. The molecule has 0 radical (unpaired) electrons. The van der Waals surface area contributed by atoms with E-state index in [0.717, 1.165) is 11.3 Å². The molecule has 0 unspecified atom stereocenters. The lowest BCUT2D eigenvalue weighted by Gasteiger charge is -2.12. The quantitative estimate of drug-likeness (QED) is 0.884. The highest BCUT2D eigenvalue weighted by Crippen LogP contribution is 2.37. The van der Waals surface area contributed by atoms with Gasteiger partial charge in [-0.1, -0.05) is 0 Å². The first-order valence-electron chi connectivity index (χ1n) is 3.40. The van der Waals surface area contributed by atoms with Crippen LogP contribution in [0.5, 0.6) is 0 Å². The van der Waals surface area contributed by atoms with E-state index in [1.54, 1.807) is 6.07 Å². The van der Waals surface area contributed by atoms with E-state index in [0.29, 0.717) is 3.79 Å². The van der Waals surface area contributed by atoms with Crippen LogP contribution in [0.25, 0.3) is 0 Å². The van der Waals surface area contributed by atoms with Crippen molar-refractivity contribution in [3.63, 3.8) is 0 Å². The van der Waals surface area contributed by atoms with Gasteiger partial charge in [-0.15, -0.1) is 11.3 Å². The van der Waals surface area contributed by atoms with Crippen LogP contribution >= 0.6 is 27.3 Å². The third kappa shape index (κ3) is 2.24. The summed E-state index contributed by atoms with van der Waals surface area (Å²) >= 11 is 4.18. The Kier molecular flexibility index (Phi) is 3.20. The number of thiophene rings is 1. The molecule has 1 rings (SSSR count). The van der Waals surface area contributed by atoms with Gasteiger partial charge in [-0.3, -0.25) is 0 Å². The summed E-state index contributed by atoms with van der Waals surface area (Å²) in [4.78, 5) is 0.0693. The summed E-state index contributed by atoms with van der Waals surface area (Å²) in [5.41, 5.74) is 5.07. The third-order valence-corrected chi connectivity index (χ3v) is 3.13. The summed E-state index contributed by atoms with van der Waals surface area (Å²) in [5, 5.41) is 0. The van der Waals surface area contributed by atoms with E-state index >= 15 is 0 Å². The number of hydrogen-bond acceptors (Lipinski definition) is 2. The number of rotatable bonds is 3. The van der Waals surface area contributed by atoms with Crippen LogP contribution in [-0.2, 0) is 5.92 Å². The Morgan fingerprint density at radius 2 is 2.17 bits per heavy atom. The molecule has 0 aliphatic carbocycles. The molecule has 5 heteroatoms. The Bertz CT molecular complexity index is 262. The zero-order valence-corrected chi connectivity index (χ0v) is 8.59. The Morgan fingerprint density at radius 1 is 1.50 bits per heavy atom. The average molecular weight is 256 g/mol. The van der Waals surface area contributed by atoms with Crippen molar-refractivity contribution in [1.82, 2.24) is 0 Å². The number of hydrogen-bond donors (Lipinski definition) is 1. The molecule has 0 fully saturated rings. The molecule has 1 aromatic rings. The third-order valence-electron chi connectivity index (χ3n) is 1.39. The van der Waals surface area contributed by atoms with Gasteiger partial charge < -0.3 is 5.73 Å². The molecule has 1 heterocycles. The minimum Gasteiger partial charge on any atom is -0.330 e. The number of alkyl halides is 2. The van der Waals surface area contributed by atoms with Crippen molar-refractivity contribution in [2.45, 2.75) is 12.3 Å². The molecular weight excluding hydrogens is 248 g/mol. The molecule has 0 bridgehead atoms. The molecule has 0 saturated heterocycles. The molecule has 1 aromatic heterocycles. The van der Waals surface area contributed by atoms with Gasteiger partial charge in [0, 0.05) is 6.42 Å². The van der Waals surface area contributed by atoms with E-state index in [9.17, 15) is 8.78 Å². The van der Waals surface area contributed by atoms with Crippen molar-refractivity contribution in [2.75, 3.05) is 6.54 Å². The highest BCUT2D eigenvalue weighted by molar-refractivity contribution is 9.11. The molecule has 2 N–H and O–H groups in total. The summed E-state index contributed by atoms with van der Waals surface area (Å²) in [6.07, 6.45) is -0.292. The molecule has 0 spiro atoms. The fourth-order valence-corrected chi connectivity index (χ4v) is 2.20. The normalized spacial score (nSPS) is 12.0. The maximum Gasteiger partial charge on any atom is 0.283 e. The molecular formula is C7H8BrF2NS. The number of nitrogens with two attached hydrogens (primary N) is 1. The zero-order valence-electron chi connectivity index (χ0n) is 6.19. The molecule has 0 aromatic carbocycles. The van der Waals surface area contributed by atoms with Crippen molar-refractivity contribution in [2.24, 2.45) is 5.73 Å². The van der Waals surface area contributed by atoms with Gasteiger partial charge in [-0.2, -0.15) is 0 Å². The molecule has 68 valence electrons. The number of halogens is 3. The van der Waals surface area contributed by atoms with Gasteiger partial charge in [0.25, 0.3) is 5.92 Å². The van der Waals surface area contributed by atoms with Crippen LogP contribution in [0, 0.1) is 0 Å². The predicted molar refractivity (Wildman–Crippen MR) is 49.6 cm³/mol. The van der Waals surface area contributed by atoms with Crippen molar-refractivity contribution in [1.29, 1.82) is 0 Å². The Balaban J connectivity index is 2.81. The lowest BCUT2D eigenvalue weighted by atomic mass is 10.2. The van der Waals surface area contributed by atoms with Crippen molar-refractivity contribution in [3.05, 3.63) is 20.8 Å². The summed E-state index contributed by atoms with van der Waals surface area (Å²) in [7, 11) is 0. The van der Waals surface area contributed by atoms with Crippen LogP contribution in [0.1, 0.15) is 11.3 Å². The monoisotopic (exact) mass is 255 g/mol. The van der Waals surface area contributed by atoms with Gasteiger partial charge in [-0.05, 0) is 34.6 Å². The topological polar surface area (TPSA) is 26.0 Å². The van der Waals surface area contributed by atoms with E-state index in [1.165, 1.54) is 6.07 Å². The van der Waals surface area contributed by atoms with Gasteiger partial charge >= 0.3 is 0 Å². The molecule has 0 aliphatic rings. The van der Waals surface area contributed by atoms with Crippen LogP contribution in [-0.4, -0.2) is 6.54 Å². The summed E-state index contributed by atoms with van der Waals surface area (Å²) in [6, 6.07) is 3.04. The Labute approximate surface area is 81.7 Å². The summed E-state index contributed by atoms with van der Waals surface area (Å²) in [6.45, 7) is 0.00250. The standard InChI is InChI=1S/C7H8BrF2NS/c8-6-2-1-5(12-6)7(9,10)3-4-11/h1-2H,3-4,11H2. The van der Waals surface area contributed by atoms with Gasteiger partial charge in [0.2, 0.25) is 0 Å². The SMILES string of the molecule is NCCC(F)(F)c1ccc(Br)s1. The van der Waals surface area contributed by atoms with Crippen LogP contribution in [0.4, 0.5) is 8.78 Å². The highest BCUT2D eigenvalue weighted by Gasteiger charge is 2.31. The predicted octanol–water partition coefficient (Wildman–Crippen LogP) is 2.95. The molecule has 0 saturated carbocycles. The van der Waals surface area contributed by atoms with E-state index in [1.807, 2.05) is 0 Å². The smallest absolute Gasteiger partial charge is 0.283 e. The lowest BCUT2D eigenvalue weighted by molar-refractivity contribution is -0.00681. The van der Waals surface area contributed by atoms with Gasteiger partial charge in [0.15, 0.2) is 0 Å². The second-order valence-corrected chi connectivity index (χ2v) is 4.81. The highest BCUT2D eigenvalue weighted by atomic mass is 79.9. The van der Waals surface area contributed by atoms with E-state index in [4.69, 9.17) is 5.73 Å².